The summed E-state index contributed by atoms with van der Waals surface area (Å²) >= 11 is 6.20. The number of nitrogens with zero attached hydrogens (tertiary/aromatic N) is 1. The van der Waals surface area contributed by atoms with Gasteiger partial charge in [-0.25, -0.2) is 0 Å². The highest BCUT2D eigenvalue weighted by Gasteiger charge is 2.34. The molecule has 0 aromatic heterocycles. The molecule has 4 rings (SSSR count). The first-order chi connectivity index (χ1) is 10.3. The monoisotopic (exact) mass is 370 g/mol. The zero-order valence-electron chi connectivity index (χ0n) is 12.7. The van der Waals surface area contributed by atoms with Gasteiger partial charge in [-0.05, 0) is 28.8 Å². The molecule has 0 radical (unpaired) electrons. The van der Waals surface area contributed by atoms with E-state index in [1.54, 1.807) is 0 Å². The Morgan fingerprint density at radius 1 is 1.00 bits per heavy atom. The van der Waals surface area contributed by atoms with Crippen LogP contribution < -0.4 is 5.32 Å². The molecule has 0 saturated carbocycles. The summed E-state index contributed by atoms with van der Waals surface area (Å²) in [5, 5.41) is 4.35. The first-order valence-corrected chi connectivity index (χ1v) is 8.00. The molecule has 5 heteroatoms. The van der Waals surface area contributed by atoms with E-state index in [9.17, 15) is 0 Å². The molecule has 23 heavy (non-hydrogen) atoms. The Balaban J connectivity index is 0.000000960. The quantitative estimate of drug-likeness (QED) is 0.805. The molecule has 1 saturated heterocycles. The summed E-state index contributed by atoms with van der Waals surface area (Å²) in [5.74, 6) is 0.425. The second-order valence-corrected chi connectivity index (χ2v) is 6.39. The molecule has 2 aromatic rings. The zero-order valence-corrected chi connectivity index (χ0v) is 15.1. The molecule has 0 amide bonds. The minimum atomic E-state index is 0. The third-order valence-electron chi connectivity index (χ3n) is 4.75. The van der Waals surface area contributed by atoms with Crippen molar-refractivity contribution >= 4 is 36.4 Å². The zero-order chi connectivity index (χ0) is 14.2. The number of fused-ring (bicyclic) bond motifs is 3. The van der Waals surface area contributed by atoms with Crippen molar-refractivity contribution in [2.75, 3.05) is 26.2 Å². The van der Waals surface area contributed by atoms with Gasteiger partial charge in [0.25, 0.3) is 0 Å². The molecule has 0 bridgehead atoms. The van der Waals surface area contributed by atoms with Crippen LogP contribution in [-0.4, -0.2) is 31.1 Å². The lowest BCUT2D eigenvalue weighted by Crippen LogP contribution is -2.50. The normalized spacial score (nSPS) is 23.0. The summed E-state index contributed by atoms with van der Waals surface area (Å²) in [5.41, 5.74) is 4.26. The molecule has 0 spiro atoms. The van der Waals surface area contributed by atoms with Crippen LogP contribution in [0, 0.1) is 0 Å². The van der Waals surface area contributed by atoms with Crippen LogP contribution >= 0.6 is 36.4 Å². The number of halogens is 3. The van der Waals surface area contributed by atoms with Crippen molar-refractivity contribution in [3.63, 3.8) is 0 Å². The summed E-state index contributed by atoms with van der Waals surface area (Å²) in [4.78, 5) is 2.62. The van der Waals surface area contributed by atoms with E-state index in [0.717, 1.165) is 31.2 Å². The molecule has 2 unspecified atom stereocenters. The molecule has 2 aliphatic heterocycles. The highest BCUT2D eigenvalue weighted by molar-refractivity contribution is 6.30. The Morgan fingerprint density at radius 3 is 2.57 bits per heavy atom. The van der Waals surface area contributed by atoms with E-state index in [4.69, 9.17) is 11.6 Å². The first-order valence-electron chi connectivity index (χ1n) is 7.62. The van der Waals surface area contributed by atoms with Crippen molar-refractivity contribution < 1.29 is 0 Å². The summed E-state index contributed by atoms with van der Waals surface area (Å²) in [6.07, 6.45) is 0. The highest BCUT2D eigenvalue weighted by atomic mass is 35.5. The Kier molecular flexibility index (Phi) is 6.35. The topological polar surface area (TPSA) is 15.3 Å². The maximum Gasteiger partial charge on any atom is 0.0476 e. The van der Waals surface area contributed by atoms with Gasteiger partial charge in [0.2, 0.25) is 0 Å². The van der Waals surface area contributed by atoms with Gasteiger partial charge < -0.3 is 5.32 Å². The Morgan fingerprint density at radius 2 is 1.78 bits per heavy atom. The predicted octanol–water partition coefficient (Wildman–Crippen LogP) is 4.28. The van der Waals surface area contributed by atoms with E-state index >= 15 is 0 Å². The van der Waals surface area contributed by atoms with Crippen molar-refractivity contribution in [1.29, 1.82) is 0 Å². The van der Waals surface area contributed by atoms with E-state index in [1.807, 2.05) is 6.07 Å². The average Bonchev–Trinajstić information content (AvgIpc) is 2.54. The van der Waals surface area contributed by atoms with Crippen LogP contribution in [0.25, 0.3) is 0 Å². The highest BCUT2D eigenvalue weighted by Crippen LogP contribution is 2.40. The van der Waals surface area contributed by atoms with E-state index in [2.05, 4.69) is 52.7 Å². The smallest absolute Gasteiger partial charge is 0.0476 e. The molecular weight excluding hydrogens is 351 g/mol. The van der Waals surface area contributed by atoms with Gasteiger partial charge in [-0.2, -0.15) is 0 Å². The van der Waals surface area contributed by atoms with Gasteiger partial charge >= 0.3 is 0 Å². The standard InChI is InChI=1S/C18H19ClN2.2ClH/c19-14-5-3-4-13(10-14)17-12-21-9-8-20-11-18(21)16-7-2-1-6-15(16)17;;/h1-7,10,17-18,20H,8-9,11-12H2;2*1H. The fourth-order valence-electron chi connectivity index (χ4n) is 3.74. The van der Waals surface area contributed by atoms with Gasteiger partial charge in [-0.1, -0.05) is 48.0 Å². The number of nitrogens with one attached hydrogen (secondary N) is 1. The molecule has 124 valence electrons. The molecule has 2 heterocycles. The summed E-state index contributed by atoms with van der Waals surface area (Å²) in [6.45, 7) is 4.35. The van der Waals surface area contributed by atoms with Gasteiger partial charge in [-0.3, -0.25) is 4.90 Å². The van der Waals surface area contributed by atoms with Gasteiger partial charge in [0.1, 0.15) is 0 Å². The molecule has 2 atom stereocenters. The molecular formula is C18H21Cl3N2. The number of benzene rings is 2. The molecule has 2 nitrogen and oxygen atoms in total. The molecule has 1 fully saturated rings. The van der Waals surface area contributed by atoms with Gasteiger partial charge in [-0.15, -0.1) is 24.8 Å². The van der Waals surface area contributed by atoms with Crippen LogP contribution in [0.5, 0.6) is 0 Å². The lowest BCUT2D eigenvalue weighted by atomic mass is 9.81. The molecule has 2 aliphatic rings. The largest absolute Gasteiger partial charge is 0.314 e. The minimum absolute atomic E-state index is 0. The number of hydrogen-bond acceptors (Lipinski definition) is 2. The van der Waals surface area contributed by atoms with E-state index in [1.165, 1.54) is 16.7 Å². The van der Waals surface area contributed by atoms with Crippen molar-refractivity contribution in [1.82, 2.24) is 10.2 Å². The summed E-state index contributed by atoms with van der Waals surface area (Å²) < 4.78 is 0. The fraction of sp³-hybridized carbons (Fsp3) is 0.333. The second kappa shape index (κ2) is 7.87. The third-order valence-corrected chi connectivity index (χ3v) is 4.99. The third kappa shape index (κ3) is 3.52. The van der Waals surface area contributed by atoms with Crippen molar-refractivity contribution in [3.05, 3.63) is 70.2 Å². The number of rotatable bonds is 1. The van der Waals surface area contributed by atoms with Crippen LogP contribution in [0.3, 0.4) is 0 Å². The lowest BCUT2D eigenvalue weighted by molar-refractivity contribution is 0.143. The van der Waals surface area contributed by atoms with Gasteiger partial charge in [0, 0.05) is 43.2 Å². The Bertz CT molecular complexity index is 662. The molecule has 2 aromatic carbocycles. The fourth-order valence-corrected chi connectivity index (χ4v) is 3.94. The van der Waals surface area contributed by atoms with Crippen LogP contribution in [0.15, 0.2) is 48.5 Å². The van der Waals surface area contributed by atoms with Crippen LogP contribution in [0.2, 0.25) is 5.02 Å². The van der Waals surface area contributed by atoms with Gasteiger partial charge in [0.15, 0.2) is 0 Å². The SMILES string of the molecule is Cl.Cl.Clc1cccc(C2CN3CCNCC3c3ccccc32)c1. The minimum Gasteiger partial charge on any atom is -0.314 e. The van der Waals surface area contributed by atoms with Crippen molar-refractivity contribution in [2.24, 2.45) is 0 Å². The average molecular weight is 372 g/mol. The maximum absolute atomic E-state index is 6.20. The summed E-state index contributed by atoms with van der Waals surface area (Å²) in [6, 6.07) is 17.7. The first kappa shape index (κ1) is 18.6. The lowest BCUT2D eigenvalue weighted by Gasteiger charge is -2.44. The van der Waals surface area contributed by atoms with E-state index < -0.39 is 0 Å². The number of hydrogen-bond donors (Lipinski definition) is 1. The maximum atomic E-state index is 6.20. The molecule has 1 N–H and O–H groups in total. The van der Waals surface area contributed by atoms with Gasteiger partial charge in [0.05, 0.1) is 0 Å². The van der Waals surface area contributed by atoms with E-state index in [0.29, 0.717) is 12.0 Å². The second-order valence-electron chi connectivity index (χ2n) is 5.95. The summed E-state index contributed by atoms with van der Waals surface area (Å²) in [7, 11) is 0. The molecule has 0 aliphatic carbocycles. The van der Waals surface area contributed by atoms with Crippen LogP contribution in [0.1, 0.15) is 28.7 Å². The Hall–Kier alpha value is -0.770. The van der Waals surface area contributed by atoms with Crippen molar-refractivity contribution in [2.45, 2.75) is 12.0 Å². The van der Waals surface area contributed by atoms with Crippen LogP contribution in [0.4, 0.5) is 0 Å². The van der Waals surface area contributed by atoms with E-state index in [-0.39, 0.29) is 24.8 Å². The Labute approximate surface area is 155 Å². The van der Waals surface area contributed by atoms with Crippen LogP contribution in [-0.2, 0) is 0 Å². The predicted molar refractivity (Wildman–Crippen MR) is 101 cm³/mol. The van der Waals surface area contributed by atoms with Crippen molar-refractivity contribution in [3.8, 4) is 0 Å². The number of piperazine rings is 1.